The Labute approximate surface area is 79.4 Å². The first-order valence-electron chi connectivity index (χ1n) is 5.06. The van der Waals surface area contributed by atoms with Crippen LogP contribution in [0.2, 0.25) is 0 Å². The van der Waals surface area contributed by atoms with E-state index in [4.69, 9.17) is 5.11 Å². The van der Waals surface area contributed by atoms with Crippen LogP contribution in [-0.4, -0.2) is 11.7 Å². The van der Waals surface area contributed by atoms with E-state index >= 15 is 0 Å². The Morgan fingerprint density at radius 3 is 2.54 bits per heavy atom. The minimum absolute atomic E-state index is 0.364. The lowest BCUT2D eigenvalue weighted by molar-refractivity contribution is 0.229. The molecule has 1 aromatic carbocycles. The average molecular weight is 176 g/mol. The molecule has 1 fully saturated rings. The summed E-state index contributed by atoms with van der Waals surface area (Å²) in [5.74, 6) is 1.24. The van der Waals surface area contributed by atoms with Crippen molar-refractivity contribution >= 4 is 0 Å². The summed E-state index contributed by atoms with van der Waals surface area (Å²) in [5.41, 5.74) is 1.44. The van der Waals surface area contributed by atoms with Gasteiger partial charge in [-0.3, -0.25) is 0 Å². The number of rotatable bonds is 2. The summed E-state index contributed by atoms with van der Waals surface area (Å²) in [4.78, 5) is 0. The first-order valence-corrected chi connectivity index (χ1v) is 5.06. The summed E-state index contributed by atoms with van der Waals surface area (Å²) >= 11 is 0. The Hall–Kier alpha value is -0.820. The van der Waals surface area contributed by atoms with Gasteiger partial charge in [0.2, 0.25) is 0 Å². The highest BCUT2D eigenvalue weighted by atomic mass is 16.3. The second kappa shape index (κ2) is 3.93. The lowest BCUT2D eigenvalue weighted by atomic mass is 9.97. The predicted octanol–water partition coefficient (Wildman–Crippen LogP) is 2.56. The summed E-state index contributed by atoms with van der Waals surface area (Å²) in [6, 6.07) is 10.7. The van der Waals surface area contributed by atoms with Gasteiger partial charge >= 0.3 is 0 Å². The number of hydrogen-bond acceptors (Lipinski definition) is 1. The second-order valence-electron chi connectivity index (χ2n) is 3.97. The zero-order chi connectivity index (χ0) is 9.10. The maximum absolute atomic E-state index is 9.03. The van der Waals surface area contributed by atoms with Crippen molar-refractivity contribution in [1.29, 1.82) is 0 Å². The highest BCUT2D eigenvalue weighted by Crippen LogP contribution is 2.37. The van der Waals surface area contributed by atoms with Crippen LogP contribution in [0.3, 0.4) is 0 Å². The van der Waals surface area contributed by atoms with Gasteiger partial charge in [-0.2, -0.15) is 0 Å². The smallest absolute Gasteiger partial charge is 0.0459 e. The van der Waals surface area contributed by atoms with Crippen molar-refractivity contribution in [2.24, 2.45) is 5.92 Å². The molecule has 0 amide bonds. The standard InChI is InChI=1S/C12H16O/c13-9-10-6-7-12(8-10)11-4-2-1-3-5-11/h1-5,10,12-13H,6-9H2/t10?,12-/m1/s1. The third-order valence-corrected chi connectivity index (χ3v) is 3.07. The van der Waals surface area contributed by atoms with Crippen molar-refractivity contribution in [2.75, 3.05) is 6.61 Å². The molecule has 1 heteroatoms. The maximum atomic E-state index is 9.03. The average Bonchev–Trinajstić information content (AvgIpc) is 2.67. The van der Waals surface area contributed by atoms with E-state index in [2.05, 4.69) is 30.3 Å². The van der Waals surface area contributed by atoms with Crippen LogP contribution in [0.25, 0.3) is 0 Å². The summed E-state index contributed by atoms with van der Waals surface area (Å²) < 4.78 is 0. The zero-order valence-corrected chi connectivity index (χ0v) is 7.82. The van der Waals surface area contributed by atoms with Gasteiger partial charge in [0.05, 0.1) is 0 Å². The van der Waals surface area contributed by atoms with Crippen molar-refractivity contribution in [1.82, 2.24) is 0 Å². The van der Waals surface area contributed by atoms with E-state index in [1.54, 1.807) is 0 Å². The molecule has 1 aliphatic rings. The molecular weight excluding hydrogens is 160 g/mol. The summed E-state index contributed by atoms with van der Waals surface area (Å²) in [5, 5.41) is 9.03. The summed E-state index contributed by atoms with van der Waals surface area (Å²) in [7, 11) is 0. The van der Waals surface area contributed by atoms with Crippen LogP contribution in [-0.2, 0) is 0 Å². The third kappa shape index (κ3) is 1.92. The first-order chi connectivity index (χ1) is 6.40. The van der Waals surface area contributed by atoms with Gasteiger partial charge in [0.25, 0.3) is 0 Å². The van der Waals surface area contributed by atoms with E-state index in [0.717, 1.165) is 0 Å². The van der Waals surface area contributed by atoms with Crippen LogP contribution in [0, 0.1) is 5.92 Å². The molecule has 1 aliphatic carbocycles. The van der Waals surface area contributed by atoms with Crippen LogP contribution in [0.4, 0.5) is 0 Å². The lowest BCUT2D eigenvalue weighted by Gasteiger charge is -2.09. The molecular formula is C12H16O. The molecule has 1 unspecified atom stereocenters. The largest absolute Gasteiger partial charge is 0.396 e. The van der Waals surface area contributed by atoms with E-state index < -0.39 is 0 Å². The van der Waals surface area contributed by atoms with E-state index in [1.807, 2.05) is 0 Å². The molecule has 0 heterocycles. The van der Waals surface area contributed by atoms with Crippen molar-refractivity contribution < 1.29 is 5.11 Å². The molecule has 0 bridgehead atoms. The highest BCUT2D eigenvalue weighted by molar-refractivity contribution is 5.20. The Balaban J connectivity index is 2.04. The molecule has 2 atom stereocenters. The first kappa shape index (κ1) is 8.76. The maximum Gasteiger partial charge on any atom is 0.0459 e. The van der Waals surface area contributed by atoms with Crippen LogP contribution >= 0.6 is 0 Å². The van der Waals surface area contributed by atoms with Crippen LogP contribution < -0.4 is 0 Å². The van der Waals surface area contributed by atoms with Gasteiger partial charge in [0.1, 0.15) is 0 Å². The van der Waals surface area contributed by atoms with Crippen molar-refractivity contribution in [3.63, 3.8) is 0 Å². The van der Waals surface area contributed by atoms with Crippen molar-refractivity contribution in [3.8, 4) is 0 Å². The molecule has 1 aromatic rings. The fraction of sp³-hybridized carbons (Fsp3) is 0.500. The Morgan fingerprint density at radius 1 is 1.15 bits per heavy atom. The second-order valence-corrected chi connectivity index (χ2v) is 3.97. The molecule has 0 aromatic heterocycles. The molecule has 70 valence electrons. The van der Waals surface area contributed by atoms with Crippen molar-refractivity contribution in [3.05, 3.63) is 35.9 Å². The van der Waals surface area contributed by atoms with Gasteiger partial charge in [0.15, 0.2) is 0 Å². The molecule has 0 aliphatic heterocycles. The van der Waals surface area contributed by atoms with Gasteiger partial charge in [-0.1, -0.05) is 30.3 Å². The number of aliphatic hydroxyl groups excluding tert-OH is 1. The SMILES string of the molecule is OCC1CC[C@@H](c2ccccc2)C1. The zero-order valence-electron chi connectivity index (χ0n) is 7.82. The molecule has 0 radical (unpaired) electrons. The number of aliphatic hydroxyl groups is 1. The monoisotopic (exact) mass is 176 g/mol. The van der Waals surface area contributed by atoms with E-state index in [1.165, 1.54) is 24.8 Å². The molecule has 2 rings (SSSR count). The lowest BCUT2D eigenvalue weighted by Crippen LogP contribution is -2.00. The minimum Gasteiger partial charge on any atom is -0.396 e. The van der Waals surface area contributed by atoms with Gasteiger partial charge in [-0.25, -0.2) is 0 Å². The van der Waals surface area contributed by atoms with E-state index in [9.17, 15) is 0 Å². The normalized spacial score (nSPS) is 27.8. The topological polar surface area (TPSA) is 20.2 Å². The fourth-order valence-electron chi connectivity index (χ4n) is 2.27. The van der Waals surface area contributed by atoms with E-state index in [0.29, 0.717) is 18.4 Å². The highest BCUT2D eigenvalue weighted by Gasteiger charge is 2.24. The predicted molar refractivity (Wildman–Crippen MR) is 53.6 cm³/mol. The van der Waals surface area contributed by atoms with Crippen molar-refractivity contribution in [2.45, 2.75) is 25.2 Å². The van der Waals surface area contributed by atoms with Gasteiger partial charge in [-0.15, -0.1) is 0 Å². The number of benzene rings is 1. The minimum atomic E-state index is 0.364. The Bertz CT molecular complexity index is 255. The van der Waals surface area contributed by atoms with Gasteiger partial charge in [0, 0.05) is 6.61 Å². The quantitative estimate of drug-likeness (QED) is 0.734. The van der Waals surface area contributed by atoms with Gasteiger partial charge < -0.3 is 5.11 Å². The van der Waals surface area contributed by atoms with Crippen LogP contribution in [0.15, 0.2) is 30.3 Å². The molecule has 1 N–H and O–H groups in total. The molecule has 1 saturated carbocycles. The van der Waals surface area contributed by atoms with Crippen LogP contribution in [0.1, 0.15) is 30.7 Å². The Morgan fingerprint density at radius 2 is 1.92 bits per heavy atom. The Kier molecular flexibility index (Phi) is 2.65. The van der Waals surface area contributed by atoms with E-state index in [-0.39, 0.29) is 0 Å². The molecule has 0 saturated heterocycles. The molecule has 1 nitrogen and oxygen atoms in total. The third-order valence-electron chi connectivity index (χ3n) is 3.07. The molecule has 13 heavy (non-hydrogen) atoms. The molecule has 0 spiro atoms. The van der Waals surface area contributed by atoms with Gasteiger partial charge in [-0.05, 0) is 36.7 Å². The summed E-state index contributed by atoms with van der Waals surface area (Å²) in [6.45, 7) is 0.364. The number of hydrogen-bond donors (Lipinski definition) is 1. The fourth-order valence-corrected chi connectivity index (χ4v) is 2.27. The summed E-state index contributed by atoms with van der Waals surface area (Å²) in [6.07, 6.45) is 3.60. The van der Waals surface area contributed by atoms with Crippen LogP contribution in [0.5, 0.6) is 0 Å².